The molecule has 0 spiro atoms. The lowest BCUT2D eigenvalue weighted by Gasteiger charge is -2.10. The SMILES string of the molecule is Cc1c(Cl)cccc1NC(=O)COc1cccc(C#N)c1. The quantitative estimate of drug-likeness (QED) is 0.939. The van der Waals surface area contributed by atoms with Gasteiger partial charge in [-0.05, 0) is 42.8 Å². The maximum atomic E-state index is 11.9. The van der Waals surface area contributed by atoms with Gasteiger partial charge in [-0.25, -0.2) is 0 Å². The molecule has 0 heterocycles. The van der Waals surface area contributed by atoms with Gasteiger partial charge in [0.2, 0.25) is 0 Å². The van der Waals surface area contributed by atoms with Crippen LogP contribution in [-0.2, 0) is 4.79 Å². The average molecular weight is 301 g/mol. The molecule has 0 aromatic heterocycles. The van der Waals surface area contributed by atoms with Gasteiger partial charge in [0, 0.05) is 10.7 Å². The summed E-state index contributed by atoms with van der Waals surface area (Å²) in [5, 5.41) is 12.1. The van der Waals surface area contributed by atoms with Crippen molar-refractivity contribution in [1.29, 1.82) is 5.26 Å². The van der Waals surface area contributed by atoms with Gasteiger partial charge in [-0.2, -0.15) is 5.26 Å². The van der Waals surface area contributed by atoms with Gasteiger partial charge in [0.05, 0.1) is 11.6 Å². The number of halogens is 1. The number of nitrogens with zero attached hydrogens (tertiary/aromatic N) is 1. The molecular formula is C16H13ClN2O2. The smallest absolute Gasteiger partial charge is 0.262 e. The van der Waals surface area contributed by atoms with Crippen molar-refractivity contribution in [3.8, 4) is 11.8 Å². The molecule has 0 radical (unpaired) electrons. The molecule has 0 saturated heterocycles. The van der Waals surface area contributed by atoms with E-state index in [0.717, 1.165) is 5.56 Å². The molecular weight excluding hydrogens is 288 g/mol. The van der Waals surface area contributed by atoms with E-state index >= 15 is 0 Å². The first-order valence-electron chi connectivity index (χ1n) is 6.28. The molecule has 0 bridgehead atoms. The van der Waals surface area contributed by atoms with Crippen LogP contribution in [0.3, 0.4) is 0 Å². The second-order valence-corrected chi connectivity index (χ2v) is 4.80. The van der Waals surface area contributed by atoms with E-state index in [-0.39, 0.29) is 12.5 Å². The van der Waals surface area contributed by atoms with Gasteiger partial charge < -0.3 is 10.1 Å². The summed E-state index contributed by atoms with van der Waals surface area (Å²) in [6.45, 7) is 1.69. The van der Waals surface area contributed by atoms with E-state index < -0.39 is 0 Å². The molecule has 1 amide bonds. The molecule has 106 valence electrons. The highest BCUT2D eigenvalue weighted by Gasteiger charge is 2.07. The van der Waals surface area contributed by atoms with Crippen LogP contribution in [0.2, 0.25) is 5.02 Å². The van der Waals surface area contributed by atoms with Crippen LogP contribution < -0.4 is 10.1 Å². The number of nitrogens with one attached hydrogen (secondary N) is 1. The Morgan fingerprint density at radius 3 is 2.86 bits per heavy atom. The summed E-state index contributed by atoms with van der Waals surface area (Å²) in [5.74, 6) is 0.190. The maximum Gasteiger partial charge on any atom is 0.262 e. The van der Waals surface area contributed by atoms with Crippen LogP contribution in [0.15, 0.2) is 42.5 Å². The second kappa shape index (κ2) is 6.78. The lowest BCUT2D eigenvalue weighted by molar-refractivity contribution is -0.118. The van der Waals surface area contributed by atoms with Crippen molar-refractivity contribution in [2.45, 2.75) is 6.92 Å². The highest BCUT2D eigenvalue weighted by atomic mass is 35.5. The minimum Gasteiger partial charge on any atom is -0.484 e. The lowest BCUT2D eigenvalue weighted by atomic mass is 10.2. The Kier molecular flexibility index (Phi) is 4.81. The average Bonchev–Trinajstić information content (AvgIpc) is 2.50. The van der Waals surface area contributed by atoms with Crippen molar-refractivity contribution in [3.05, 3.63) is 58.6 Å². The first-order valence-corrected chi connectivity index (χ1v) is 6.66. The van der Waals surface area contributed by atoms with Crippen molar-refractivity contribution in [3.63, 3.8) is 0 Å². The molecule has 5 heteroatoms. The van der Waals surface area contributed by atoms with Crippen LogP contribution in [0.4, 0.5) is 5.69 Å². The third kappa shape index (κ3) is 3.98. The summed E-state index contributed by atoms with van der Waals surface area (Å²) < 4.78 is 5.36. The van der Waals surface area contributed by atoms with Crippen LogP contribution in [0, 0.1) is 18.3 Å². The monoisotopic (exact) mass is 300 g/mol. The Hall–Kier alpha value is -2.51. The summed E-state index contributed by atoms with van der Waals surface area (Å²) in [7, 11) is 0. The number of hydrogen-bond acceptors (Lipinski definition) is 3. The maximum absolute atomic E-state index is 11.9. The van der Waals surface area contributed by atoms with Crippen molar-refractivity contribution in [2.24, 2.45) is 0 Å². The molecule has 1 N–H and O–H groups in total. The summed E-state index contributed by atoms with van der Waals surface area (Å²) >= 11 is 5.99. The van der Waals surface area contributed by atoms with E-state index in [9.17, 15) is 4.79 Å². The van der Waals surface area contributed by atoms with E-state index in [1.165, 1.54) is 0 Å². The van der Waals surface area contributed by atoms with Crippen molar-refractivity contribution < 1.29 is 9.53 Å². The number of ether oxygens (including phenoxy) is 1. The number of amides is 1. The third-order valence-corrected chi connectivity index (χ3v) is 3.28. The Balaban J connectivity index is 1.96. The number of anilines is 1. The molecule has 0 atom stereocenters. The zero-order chi connectivity index (χ0) is 15.2. The highest BCUT2D eigenvalue weighted by Crippen LogP contribution is 2.22. The van der Waals surface area contributed by atoms with Crippen LogP contribution in [0.5, 0.6) is 5.75 Å². The molecule has 0 aliphatic rings. The highest BCUT2D eigenvalue weighted by molar-refractivity contribution is 6.31. The van der Waals surface area contributed by atoms with Gasteiger partial charge in [-0.15, -0.1) is 0 Å². The van der Waals surface area contributed by atoms with E-state index in [4.69, 9.17) is 21.6 Å². The summed E-state index contributed by atoms with van der Waals surface area (Å²) in [6.07, 6.45) is 0. The zero-order valence-electron chi connectivity index (χ0n) is 11.4. The molecule has 0 aliphatic heterocycles. The normalized spacial score (nSPS) is 9.76. The van der Waals surface area contributed by atoms with Crippen LogP contribution in [0.25, 0.3) is 0 Å². The molecule has 2 aromatic rings. The molecule has 4 nitrogen and oxygen atoms in total. The molecule has 2 rings (SSSR count). The van der Waals surface area contributed by atoms with E-state index in [2.05, 4.69) is 5.32 Å². The van der Waals surface area contributed by atoms with E-state index in [0.29, 0.717) is 22.0 Å². The van der Waals surface area contributed by atoms with Crippen LogP contribution >= 0.6 is 11.6 Å². The summed E-state index contributed by atoms with van der Waals surface area (Å²) in [5.41, 5.74) is 1.94. The molecule has 0 unspecified atom stereocenters. The summed E-state index contributed by atoms with van der Waals surface area (Å²) in [4.78, 5) is 11.9. The fraction of sp³-hybridized carbons (Fsp3) is 0.125. The molecule has 0 saturated carbocycles. The predicted molar refractivity (Wildman–Crippen MR) is 81.5 cm³/mol. The Labute approximate surface area is 127 Å². The van der Waals surface area contributed by atoms with E-state index in [1.54, 1.807) is 42.5 Å². The minimum absolute atomic E-state index is 0.138. The first kappa shape index (κ1) is 14.9. The number of rotatable bonds is 4. The van der Waals surface area contributed by atoms with Crippen molar-refractivity contribution in [1.82, 2.24) is 0 Å². The van der Waals surface area contributed by atoms with Crippen LogP contribution in [0.1, 0.15) is 11.1 Å². The van der Waals surface area contributed by atoms with Gasteiger partial charge in [-0.3, -0.25) is 4.79 Å². The molecule has 21 heavy (non-hydrogen) atoms. The fourth-order valence-corrected chi connectivity index (χ4v) is 1.91. The fourth-order valence-electron chi connectivity index (χ4n) is 1.73. The Bertz CT molecular complexity index is 708. The van der Waals surface area contributed by atoms with Gasteiger partial charge in [0.1, 0.15) is 5.75 Å². The molecule has 0 fully saturated rings. The Morgan fingerprint density at radius 1 is 1.33 bits per heavy atom. The van der Waals surface area contributed by atoms with Gasteiger partial charge >= 0.3 is 0 Å². The number of carbonyl (C=O) groups excluding carboxylic acids is 1. The predicted octanol–water partition coefficient (Wildman–Crippen LogP) is 3.54. The number of benzene rings is 2. The minimum atomic E-state index is -0.289. The zero-order valence-corrected chi connectivity index (χ0v) is 12.1. The molecule has 0 aliphatic carbocycles. The number of nitriles is 1. The Morgan fingerprint density at radius 2 is 2.10 bits per heavy atom. The van der Waals surface area contributed by atoms with Gasteiger partial charge in [-0.1, -0.05) is 23.7 Å². The van der Waals surface area contributed by atoms with Crippen LogP contribution in [-0.4, -0.2) is 12.5 Å². The van der Waals surface area contributed by atoms with Gasteiger partial charge in [0.25, 0.3) is 5.91 Å². The number of carbonyl (C=O) groups is 1. The van der Waals surface area contributed by atoms with Crippen molar-refractivity contribution >= 4 is 23.2 Å². The third-order valence-electron chi connectivity index (χ3n) is 2.87. The number of hydrogen-bond donors (Lipinski definition) is 1. The largest absolute Gasteiger partial charge is 0.484 e. The topological polar surface area (TPSA) is 62.1 Å². The standard InChI is InChI=1S/C16H13ClN2O2/c1-11-14(17)6-3-7-15(11)19-16(20)10-21-13-5-2-4-12(8-13)9-18/h2-8H,10H2,1H3,(H,19,20). The molecule has 2 aromatic carbocycles. The lowest BCUT2D eigenvalue weighted by Crippen LogP contribution is -2.20. The second-order valence-electron chi connectivity index (χ2n) is 4.39. The summed E-state index contributed by atoms with van der Waals surface area (Å²) in [6, 6.07) is 14.0. The van der Waals surface area contributed by atoms with E-state index in [1.807, 2.05) is 13.0 Å². The first-order chi connectivity index (χ1) is 10.1. The van der Waals surface area contributed by atoms with Gasteiger partial charge in [0.15, 0.2) is 6.61 Å². The van der Waals surface area contributed by atoms with Crippen molar-refractivity contribution in [2.75, 3.05) is 11.9 Å².